The van der Waals surface area contributed by atoms with Gasteiger partial charge in [0.25, 0.3) is 0 Å². The summed E-state index contributed by atoms with van der Waals surface area (Å²) in [5.74, 6) is -37.4. The Morgan fingerprint density at radius 2 is 0.702 bits per heavy atom. The predicted octanol–water partition coefficient (Wildman–Crippen LogP) is 16.8. The predicted molar refractivity (Wildman–Crippen MR) is 248 cm³/mol. The van der Waals surface area contributed by atoms with Crippen LogP contribution in [0.2, 0.25) is 15.1 Å². The van der Waals surface area contributed by atoms with Crippen molar-refractivity contribution in [2.75, 3.05) is 0 Å². The Bertz CT molecular complexity index is 3020. The summed E-state index contributed by atoms with van der Waals surface area (Å²) >= 11 is 16.6. The molecular weight excluding hydrogens is 1280 g/mol. The second-order valence-corrected chi connectivity index (χ2v) is 15.6. The van der Waals surface area contributed by atoms with Crippen molar-refractivity contribution >= 4 is 58.7 Å². The molecule has 3 N–H and O–H groups in total. The monoisotopic (exact) mass is 1320 g/mol. The lowest BCUT2D eigenvalue weighted by molar-refractivity contribution is -0.197. The number of benzene rings is 5. The highest BCUT2D eigenvalue weighted by atomic mass is 35.5. The van der Waals surface area contributed by atoms with E-state index in [1.165, 1.54) is 0 Å². The number of ether oxygens (including phenoxy) is 4. The van der Waals surface area contributed by atoms with Crippen LogP contribution < -0.4 is 18.9 Å². The molecule has 5 rings (SSSR count). The molecule has 0 amide bonds. The highest BCUT2D eigenvalue weighted by Gasteiger charge is 2.44. The molecule has 3 atom stereocenters. The zero-order valence-corrected chi connectivity index (χ0v) is 41.1. The maximum absolute atomic E-state index is 13.5. The number of carboxylic acids is 2. The van der Waals surface area contributed by atoms with Crippen molar-refractivity contribution in [2.45, 2.75) is 86.1 Å². The molecule has 0 aliphatic rings. The molecule has 0 heterocycles. The van der Waals surface area contributed by atoms with Crippen LogP contribution in [-0.4, -0.2) is 82.2 Å². The second kappa shape index (κ2) is 32.7. The van der Waals surface area contributed by atoms with Gasteiger partial charge >= 0.3 is 48.6 Å². The minimum absolute atomic E-state index is 0. The standard InChI is InChI=1S/C16H7ClF8O3.C10H8ClF3O3.C8F8O2.C7H4ClFO2.C3H5F3O.3CH4/c1-5(16(23,24)25)27-8-3-2-6(4-7(8)17)15(26)28-14-12(21)10(19)9(18)11(20)13(14)22;1-5(10(12,13)14)17-8-3-2-6(9(15)16)4-7(8)11;9-1-2(10)4(12)6(5(13)3(1)11)18-7(17)8(14,15)16;8-5-3-4(7(10)11)1-2-6(5)9;1-2(7)3(4,5)6;;;/h2-5H,1H3;2-5H,1H3,(H,15,16);;1-3H,(H,10,11);2,7H,1H3;3*1H4/t2*5-;;;2-;;;/m11..1.../s1. The number of halogens is 26. The molecule has 37 heteroatoms. The van der Waals surface area contributed by atoms with Crippen molar-refractivity contribution < 1.29 is 154 Å². The smallest absolute Gasteiger partial charge is 0.480 e. The van der Waals surface area contributed by atoms with Crippen LogP contribution in [0, 0.1) is 64.0 Å². The molecule has 0 aliphatic carbocycles. The number of hydrogen-bond donors (Lipinski definition) is 3. The van der Waals surface area contributed by atoms with E-state index in [1.54, 1.807) is 0 Å². The van der Waals surface area contributed by atoms with E-state index in [9.17, 15) is 120 Å². The first-order valence-corrected chi connectivity index (χ1v) is 21.1. The summed E-state index contributed by atoms with van der Waals surface area (Å²) < 4.78 is 300. The number of carbonyl (C=O) groups excluding carboxylic acids is 2. The van der Waals surface area contributed by atoms with Gasteiger partial charge in [-0.15, -0.1) is 0 Å². The van der Waals surface area contributed by atoms with Gasteiger partial charge in [-0.2, -0.15) is 70.2 Å². The average molecular weight is 1320 g/mol. The molecule has 5 aromatic rings. The lowest BCUT2D eigenvalue weighted by Crippen LogP contribution is -2.31. The number of hydrogen-bond acceptors (Lipinski definition) is 9. The molecule has 0 spiro atoms. The van der Waals surface area contributed by atoms with Gasteiger partial charge in [-0.05, 0) is 75.4 Å². The maximum atomic E-state index is 13.5. The largest absolute Gasteiger partial charge is 0.491 e. The van der Waals surface area contributed by atoms with Crippen molar-refractivity contribution in [2.24, 2.45) is 0 Å². The number of aliphatic hydroxyl groups is 1. The number of aromatic carboxylic acids is 2. The third-order valence-electron chi connectivity index (χ3n) is 8.48. The number of alkyl halides is 12. The van der Waals surface area contributed by atoms with Gasteiger partial charge in [-0.25, -0.2) is 49.9 Å². The van der Waals surface area contributed by atoms with Crippen molar-refractivity contribution in [3.05, 3.63) is 150 Å². The molecule has 0 bridgehead atoms. The molecule has 84 heavy (non-hydrogen) atoms. The van der Waals surface area contributed by atoms with Gasteiger partial charge in [0.15, 0.2) is 12.2 Å². The molecule has 0 aromatic heterocycles. The van der Waals surface area contributed by atoms with Gasteiger partial charge in [0.05, 0.1) is 31.8 Å². The lowest BCUT2D eigenvalue weighted by atomic mass is 10.2. The Morgan fingerprint density at radius 3 is 0.976 bits per heavy atom. The highest BCUT2D eigenvalue weighted by Crippen LogP contribution is 2.35. The van der Waals surface area contributed by atoms with E-state index < -0.39 is 159 Å². The summed E-state index contributed by atoms with van der Waals surface area (Å²) in [7, 11) is 0. The molecule has 0 unspecified atom stereocenters. The first kappa shape index (κ1) is 81.0. The number of rotatable bonds is 9. The summed E-state index contributed by atoms with van der Waals surface area (Å²) in [5, 5.41) is 24.0. The quantitative estimate of drug-likeness (QED) is 0.0423. The van der Waals surface area contributed by atoms with E-state index in [4.69, 9.17) is 50.1 Å². The summed E-state index contributed by atoms with van der Waals surface area (Å²) in [6.45, 7) is 2.21. The van der Waals surface area contributed by atoms with Gasteiger partial charge < -0.3 is 34.3 Å². The van der Waals surface area contributed by atoms with Gasteiger partial charge in [0, 0.05) is 0 Å². The van der Waals surface area contributed by atoms with Gasteiger partial charge in [0.2, 0.25) is 69.7 Å². The van der Waals surface area contributed by atoms with E-state index in [-0.39, 0.29) is 49.2 Å². The van der Waals surface area contributed by atoms with Gasteiger partial charge in [-0.1, -0.05) is 57.1 Å². The van der Waals surface area contributed by atoms with E-state index in [2.05, 4.69) is 18.9 Å². The molecule has 472 valence electrons. The van der Waals surface area contributed by atoms with Crippen LogP contribution in [-0.2, 0) is 4.79 Å². The minimum atomic E-state index is -5.65. The number of aliphatic hydroxyl groups excluding tert-OH is 1. The second-order valence-electron chi connectivity index (χ2n) is 14.4. The van der Waals surface area contributed by atoms with Crippen LogP contribution in [0.3, 0.4) is 0 Å². The lowest BCUT2D eigenvalue weighted by Gasteiger charge is -2.18. The number of carbonyl (C=O) groups is 4. The molecule has 11 nitrogen and oxygen atoms in total. The normalized spacial score (nSPS) is 12.0. The Kier molecular flexibility index (Phi) is 31.6. The topological polar surface area (TPSA) is 166 Å². The maximum Gasteiger partial charge on any atom is 0.491 e. The first-order valence-electron chi connectivity index (χ1n) is 19.9. The van der Waals surface area contributed by atoms with E-state index in [0.29, 0.717) is 13.8 Å². The minimum Gasteiger partial charge on any atom is -0.480 e. The van der Waals surface area contributed by atoms with E-state index >= 15 is 0 Å². The molecule has 0 saturated carbocycles. The molecule has 0 radical (unpaired) electrons. The van der Waals surface area contributed by atoms with Crippen LogP contribution >= 0.6 is 34.8 Å². The van der Waals surface area contributed by atoms with Crippen molar-refractivity contribution in [1.29, 1.82) is 0 Å². The summed E-state index contributed by atoms with van der Waals surface area (Å²) in [4.78, 5) is 43.0. The highest BCUT2D eigenvalue weighted by molar-refractivity contribution is 6.32. The SMILES string of the molecule is C.C.C.C[C@@H](O)C(F)(F)F.C[C@@H](Oc1ccc(C(=O)O)cc1Cl)C(F)(F)F.C[C@@H](Oc1ccc(C(=O)Oc2c(F)c(F)c(F)c(F)c2F)cc1Cl)C(F)(F)F.O=C(O)c1ccc(F)c(Cl)c1.O=C(Oc1c(F)c(F)c(F)c(F)c1F)C(F)(F)F. The summed E-state index contributed by atoms with van der Waals surface area (Å²) in [6, 6.07) is 8.87. The van der Waals surface area contributed by atoms with Crippen LogP contribution in [0.5, 0.6) is 23.0 Å². The molecule has 0 aliphatic heterocycles. The first-order chi connectivity index (χ1) is 36.7. The Labute approximate surface area is 471 Å². The average Bonchev–Trinajstić information content (AvgIpc) is 3.47. The molecule has 0 fully saturated rings. The molecular formula is C47H36Cl3F23O11. The van der Waals surface area contributed by atoms with Crippen molar-refractivity contribution in [1.82, 2.24) is 0 Å². The van der Waals surface area contributed by atoms with Crippen LogP contribution in [0.4, 0.5) is 101 Å². The van der Waals surface area contributed by atoms with E-state index in [1.807, 2.05) is 0 Å². The Hall–Kier alpha value is -7.20. The van der Waals surface area contributed by atoms with Crippen molar-refractivity contribution in [3.8, 4) is 23.0 Å². The number of esters is 2. The fraction of sp³-hybridized carbons (Fsp3) is 0.277. The zero-order chi connectivity index (χ0) is 63.4. The molecule has 0 saturated heterocycles. The third kappa shape index (κ3) is 23.5. The van der Waals surface area contributed by atoms with Crippen LogP contribution in [0.1, 0.15) is 74.1 Å². The fourth-order valence-corrected chi connectivity index (χ4v) is 4.88. The Morgan fingerprint density at radius 1 is 0.429 bits per heavy atom. The van der Waals surface area contributed by atoms with Crippen molar-refractivity contribution in [3.63, 3.8) is 0 Å². The van der Waals surface area contributed by atoms with Crippen LogP contribution in [0.15, 0.2) is 54.6 Å². The van der Waals surface area contributed by atoms with Crippen LogP contribution in [0.25, 0.3) is 0 Å². The summed E-state index contributed by atoms with van der Waals surface area (Å²) in [6.07, 6.45) is -25.8. The van der Waals surface area contributed by atoms with Gasteiger partial charge in [0.1, 0.15) is 23.4 Å². The van der Waals surface area contributed by atoms with E-state index in [0.717, 1.165) is 61.5 Å². The Balaban J connectivity index is -0.00000103. The number of carboxylic acid groups (broad SMARTS) is 2. The third-order valence-corrected chi connectivity index (χ3v) is 9.36. The molecule has 5 aromatic carbocycles. The summed E-state index contributed by atoms with van der Waals surface area (Å²) in [5.41, 5.74) is -0.695. The van der Waals surface area contributed by atoms with Gasteiger partial charge in [-0.3, -0.25) is 0 Å². The zero-order valence-electron chi connectivity index (χ0n) is 38.9. The fourth-order valence-electron chi connectivity index (χ4n) is 4.25.